The smallest absolute Gasteiger partial charge is 0.225 e. The molecule has 3 fully saturated rings. The lowest BCUT2D eigenvalue weighted by Gasteiger charge is -2.28. The van der Waals surface area contributed by atoms with E-state index in [0.29, 0.717) is 12.5 Å². The molecule has 170 valence electrons. The van der Waals surface area contributed by atoms with Crippen molar-refractivity contribution < 1.29 is 9.53 Å². The van der Waals surface area contributed by atoms with E-state index in [0.717, 1.165) is 71.2 Å². The van der Waals surface area contributed by atoms with Gasteiger partial charge in [-0.25, -0.2) is 4.99 Å². The van der Waals surface area contributed by atoms with Crippen LogP contribution in [-0.2, 0) is 16.1 Å². The molecule has 2 heterocycles. The summed E-state index contributed by atoms with van der Waals surface area (Å²) in [5.74, 6) is 1.46. The molecular formula is C24H37N5O2. The van der Waals surface area contributed by atoms with E-state index in [1.54, 1.807) is 0 Å². The highest BCUT2D eigenvalue weighted by Gasteiger charge is 2.32. The number of aliphatic imine (C=N–C) groups is 1. The van der Waals surface area contributed by atoms with Gasteiger partial charge >= 0.3 is 0 Å². The molecule has 0 bridgehead atoms. The first-order chi connectivity index (χ1) is 15.2. The molecule has 1 amide bonds. The van der Waals surface area contributed by atoms with Crippen LogP contribution in [0.15, 0.2) is 29.3 Å². The number of carbonyl (C=O) groups excluding carboxylic acids is 1. The van der Waals surface area contributed by atoms with E-state index in [2.05, 4.69) is 51.6 Å². The van der Waals surface area contributed by atoms with Crippen molar-refractivity contribution in [3.05, 3.63) is 29.8 Å². The number of likely N-dealkylation sites (tertiary alicyclic amines) is 1. The molecule has 1 saturated carbocycles. The zero-order chi connectivity index (χ0) is 21.5. The van der Waals surface area contributed by atoms with E-state index < -0.39 is 0 Å². The number of nitrogens with one attached hydrogen (secondary N) is 2. The zero-order valence-corrected chi connectivity index (χ0v) is 18.8. The second kappa shape index (κ2) is 10.8. The summed E-state index contributed by atoms with van der Waals surface area (Å²) in [6.45, 7) is 8.68. The Labute approximate surface area is 186 Å². The average Bonchev–Trinajstić information content (AvgIpc) is 3.51. The van der Waals surface area contributed by atoms with Crippen LogP contribution in [0, 0.1) is 5.92 Å². The molecule has 1 aliphatic carbocycles. The Morgan fingerprint density at radius 1 is 1.10 bits per heavy atom. The zero-order valence-electron chi connectivity index (χ0n) is 18.8. The van der Waals surface area contributed by atoms with E-state index >= 15 is 0 Å². The Morgan fingerprint density at radius 3 is 2.55 bits per heavy atom. The standard InChI is InChI=1S/C24H37N5O2/c1-2-25-24(27-21-11-12-29(18-21)23(30)20-5-3-4-6-20)26-17-19-7-9-22(10-8-19)28-13-15-31-16-14-28/h7-10,20-21H,2-6,11-18H2,1H3,(H2,25,26,27). The molecule has 7 nitrogen and oxygen atoms in total. The van der Waals surface area contributed by atoms with Crippen molar-refractivity contribution in [2.45, 2.75) is 51.6 Å². The maximum absolute atomic E-state index is 12.7. The Bertz CT molecular complexity index is 739. The number of morpholine rings is 1. The number of hydrogen-bond acceptors (Lipinski definition) is 4. The molecule has 1 atom stereocenters. The topological polar surface area (TPSA) is 69.2 Å². The van der Waals surface area contributed by atoms with E-state index in [4.69, 9.17) is 9.73 Å². The van der Waals surface area contributed by atoms with Crippen molar-refractivity contribution in [3.63, 3.8) is 0 Å². The van der Waals surface area contributed by atoms with Gasteiger partial charge in [-0.05, 0) is 43.9 Å². The van der Waals surface area contributed by atoms with Gasteiger partial charge in [-0.15, -0.1) is 0 Å². The molecule has 1 unspecified atom stereocenters. The molecule has 0 aromatic heterocycles. The van der Waals surface area contributed by atoms with Crippen LogP contribution >= 0.6 is 0 Å². The van der Waals surface area contributed by atoms with E-state index in [-0.39, 0.29) is 12.0 Å². The molecular weight excluding hydrogens is 390 g/mol. The first-order valence-corrected chi connectivity index (χ1v) is 12.0. The van der Waals surface area contributed by atoms with Crippen LogP contribution in [0.2, 0.25) is 0 Å². The first-order valence-electron chi connectivity index (χ1n) is 12.0. The van der Waals surface area contributed by atoms with Crippen molar-refractivity contribution in [3.8, 4) is 0 Å². The lowest BCUT2D eigenvalue weighted by molar-refractivity contribution is -0.134. The summed E-state index contributed by atoms with van der Waals surface area (Å²) in [4.78, 5) is 21.9. The number of nitrogens with zero attached hydrogens (tertiary/aromatic N) is 3. The molecule has 3 aliphatic rings. The van der Waals surface area contributed by atoms with Gasteiger partial charge in [-0.2, -0.15) is 0 Å². The van der Waals surface area contributed by atoms with Crippen LogP contribution in [0.5, 0.6) is 0 Å². The molecule has 0 spiro atoms. The van der Waals surface area contributed by atoms with Gasteiger partial charge < -0.3 is 25.2 Å². The number of amides is 1. The van der Waals surface area contributed by atoms with Gasteiger partial charge in [0.25, 0.3) is 0 Å². The van der Waals surface area contributed by atoms with Crippen molar-refractivity contribution in [1.29, 1.82) is 0 Å². The highest BCUT2D eigenvalue weighted by atomic mass is 16.5. The molecule has 4 rings (SSSR count). The molecule has 31 heavy (non-hydrogen) atoms. The Morgan fingerprint density at radius 2 is 1.84 bits per heavy atom. The fourth-order valence-electron chi connectivity index (χ4n) is 4.83. The van der Waals surface area contributed by atoms with Crippen LogP contribution in [0.1, 0.15) is 44.6 Å². The summed E-state index contributed by atoms with van der Waals surface area (Å²) in [7, 11) is 0. The third kappa shape index (κ3) is 5.91. The van der Waals surface area contributed by atoms with Gasteiger partial charge in [-0.1, -0.05) is 25.0 Å². The molecule has 1 aromatic carbocycles. The predicted octanol–water partition coefficient (Wildman–Crippen LogP) is 2.37. The minimum atomic E-state index is 0.265. The molecule has 2 saturated heterocycles. The highest BCUT2D eigenvalue weighted by Crippen LogP contribution is 2.27. The van der Waals surface area contributed by atoms with Crippen molar-refractivity contribution in [2.24, 2.45) is 10.9 Å². The normalized spacial score (nSPS) is 22.7. The van der Waals surface area contributed by atoms with Crippen LogP contribution in [0.3, 0.4) is 0 Å². The second-order valence-electron chi connectivity index (χ2n) is 8.86. The molecule has 2 N–H and O–H groups in total. The summed E-state index contributed by atoms with van der Waals surface area (Å²) in [6, 6.07) is 8.96. The second-order valence-corrected chi connectivity index (χ2v) is 8.86. The minimum Gasteiger partial charge on any atom is -0.378 e. The van der Waals surface area contributed by atoms with Gasteiger partial charge in [0.05, 0.1) is 19.8 Å². The van der Waals surface area contributed by atoms with Crippen molar-refractivity contribution in [2.75, 3.05) is 50.8 Å². The van der Waals surface area contributed by atoms with E-state index in [1.807, 2.05) is 0 Å². The third-order valence-electron chi connectivity index (χ3n) is 6.62. The minimum absolute atomic E-state index is 0.265. The van der Waals surface area contributed by atoms with Crippen LogP contribution < -0.4 is 15.5 Å². The number of rotatable bonds is 6. The lowest BCUT2D eigenvalue weighted by atomic mass is 10.1. The lowest BCUT2D eigenvalue weighted by Crippen LogP contribution is -2.45. The number of hydrogen-bond donors (Lipinski definition) is 2. The number of ether oxygens (including phenoxy) is 1. The van der Waals surface area contributed by atoms with Gasteiger partial charge in [-0.3, -0.25) is 4.79 Å². The third-order valence-corrected chi connectivity index (χ3v) is 6.62. The van der Waals surface area contributed by atoms with Gasteiger partial charge in [0.15, 0.2) is 5.96 Å². The Kier molecular flexibility index (Phi) is 7.67. The van der Waals surface area contributed by atoms with E-state index in [1.165, 1.54) is 24.1 Å². The Hall–Kier alpha value is -2.28. The first kappa shape index (κ1) is 21.9. The summed E-state index contributed by atoms with van der Waals surface area (Å²) < 4.78 is 5.44. The summed E-state index contributed by atoms with van der Waals surface area (Å²) in [6.07, 6.45) is 5.54. The van der Waals surface area contributed by atoms with Gasteiger partial charge in [0, 0.05) is 50.4 Å². The SMILES string of the molecule is CCNC(=NCc1ccc(N2CCOCC2)cc1)NC1CCN(C(=O)C2CCCC2)C1. The number of benzene rings is 1. The fourth-order valence-corrected chi connectivity index (χ4v) is 4.83. The van der Waals surface area contributed by atoms with Crippen LogP contribution in [-0.4, -0.2) is 68.7 Å². The molecule has 0 radical (unpaired) electrons. The van der Waals surface area contributed by atoms with Crippen LogP contribution in [0.25, 0.3) is 0 Å². The van der Waals surface area contributed by atoms with Crippen molar-refractivity contribution in [1.82, 2.24) is 15.5 Å². The summed E-state index contributed by atoms with van der Waals surface area (Å²) >= 11 is 0. The van der Waals surface area contributed by atoms with Gasteiger partial charge in [0.2, 0.25) is 5.91 Å². The Balaban J connectivity index is 1.29. The monoisotopic (exact) mass is 427 g/mol. The number of anilines is 1. The quantitative estimate of drug-likeness (QED) is 0.539. The highest BCUT2D eigenvalue weighted by molar-refractivity contribution is 5.81. The van der Waals surface area contributed by atoms with Crippen molar-refractivity contribution >= 4 is 17.6 Å². The largest absolute Gasteiger partial charge is 0.378 e. The van der Waals surface area contributed by atoms with E-state index in [9.17, 15) is 4.79 Å². The molecule has 2 aliphatic heterocycles. The summed E-state index contributed by atoms with van der Waals surface area (Å²) in [5.41, 5.74) is 2.44. The number of carbonyl (C=O) groups is 1. The maximum atomic E-state index is 12.7. The predicted molar refractivity (Wildman–Crippen MR) is 124 cm³/mol. The maximum Gasteiger partial charge on any atom is 0.225 e. The van der Waals surface area contributed by atoms with Crippen LogP contribution in [0.4, 0.5) is 5.69 Å². The fraction of sp³-hybridized carbons (Fsp3) is 0.667. The number of guanidine groups is 1. The average molecular weight is 428 g/mol. The molecule has 1 aromatic rings. The summed E-state index contributed by atoms with van der Waals surface area (Å²) in [5, 5.41) is 6.90. The molecule has 7 heteroatoms. The van der Waals surface area contributed by atoms with Gasteiger partial charge in [0.1, 0.15) is 0 Å².